The average Bonchev–Trinajstić information content (AvgIpc) is 2.17. The second-order valence-electron chi connectivity index (χ2n) is 2.78. The Morgan fingerprint density at radius 1 is 1.31 bits per heavy atom. The van der Waals surface area contributed by atoms with E-state index in [4.69, 9.17) is 5.11 Å². The summed E-state index contributed by atoms with van der Waals surface area (Å²) in [5.41, 5.74) is 1.25. The minimum Gasteiger partial charge on any atom is -0.478 e. The van der Waals surface area contributed by atoms with Gasteiger partial charge in [-0.25, -0.2) is 9.78 Å². The molecule has 2 rings (SSSR count). The fourth-order valence-electron chi connectivity index (χ4n) is 1.25. The van der Waals surface area contributed by atoms with Gasteiger partial charge >= 0.3 is 5.97 Å². The second kappa shape index (κ2) is 2.86. The third-order valence-electron chi connectivity index (χ3n) is 1.91. The maximum absolute atomic E-state index is 10.6. The summed E-state index contributed by atoms with van der Waals surface area (Å²) in [4.78, 5) is 13.7. The van der Waals surface area contributed by atoms with Crippen molar-refractivity contribution in [2.24, 2.45) is 0 Å². The topological polar surface area (TPSA) is 51.4 Å². The van der Waals surface area contributed by atoms with Crippen LogP contribution in [0.3, 0.4) is 0 Å². The van der Waals surface area contributed by atoms with Crippen LogP contribution in [-0.2, 0) is 0 Å². The number of H-pyrrole nitrogens is 1. The summed E-state index contributed by atoms with van der Waals surface area (Å²) in [6, 6.07) is 8.71. The number of aromatic amines is 1. The van der Waals surface area contributed by atoms with E-state index < -0.39 is 5.97 Å². The zero-order valence-electron chi connectivity index (χ0n) is 6.82. The van der Waals surface area contributed by atoms with E-state index in [0.29, 0.717) is 5.56 Å². The molecule has 0 saturated carbocycles. The largest absolute Gasteiger partial charge is 0.478 e. The van der Waals surface area contributed by atoms with Gasteiger partial charge in [0.2, 0.25) is 5.52 Å². The molecule has 3 heteroatoms. The van der Waals surface area contributed by atoms with Gasteiger partial charge in [-0.15, -0.1) is 0 Å². The molecule has 0 fully saturated rings. The Morgan fingerprint density at radius 3 is 2.92 bits per heavy atom. The molecule has 1 aromatic heterocycles. The van der Waals surface area contributed by atoms with Crippen LogP contribution in [0.2, 0.25) is 0 Å². The van der Waals surface area contributed by atoms with Crippen LogP contribution in [0.15, 0.2) is 36.5 Å². The van der Waals surface area contributed by atoms with Crippen LogP contribution in [0.4, 0.5) is 0 Å². The van der Waals surface area contributed by atoms with E-state index in [0.717, 1.165) is 10.9 Å². The van der Waals surface area contributed by atoms with E-state index in [9.17, 15) is 4.79 Å². The monoisotopic (exact) mass is 174 g/mol. The molecule has 0 aliphatic carbocycles. The number of carboxylic acid groups (broad SMARTS) is 1. The summed E-state index contributed by atoms with van der Waals surface area (Å²) in [6.07, 6.45) is 1.81. The molecule has 2 aromatic rings. The van der Waals surface area contributed by atoms with Gasteiger partial charge in [0.25, 0.3) is 0 Å². The van der Waals surface area contributed by atoms with E-state index >= 15 is 0 Å². The third-order valence-corrected chi connectivity index (χ3v) is 1.91. The summed E-state index contributed by atoms with van der Waals surface area (Å²) in [5, 5.41) is 9.64. The van der Waals surface area contributed by atoms with Crippen molar-refractivity contribution in [2.45, 2.75) is 0 Å². The minimum atomic E-state index is -0.897. The molecule has 0 bridgehead atoms. The quantitative estimate of drug-likeness (QED) is 0.709. The summed E-state index contributed by atoms with van der Waals surface area (Å²) in [5.74, 6) is -0.897. The molecule has 0 spiro atoms. The molecule has 0 amide bonds. The number of rotatable bonds is 1. The Bertz CT molecular complexity index is 465. The number of aromatic nitrogens is 1. The molecule has 2 N–H and O–H groups in total. The summed E-state index contributed by atoms with van der Waals surface area (Å²) in [7, 11) is 0. The summed E-state index contributed by atoms with van der Waals surface area (Å²) in [6.45, 7) is 0. The van der Waals surface area contributed by atoms with Crippen LogP contribution in [0.25, 0.3) is 10.9 Å². The average molecular weight is 174 g/mol. The number of hydrogen-bond donors (Lipinski definition) is 1. The van der Waals surface area contributed by atoms with Crippen molar-refractivity contribution in [1.82, 2.24) is 0 Å². The molecule has 0 saturated heterocycles. The SMILES string of the molecule is O=C(O)c1ccc2[nH+]cccc2c1. The van der Waals surface area contributed by atoms with E-state index in [-0.39, 0.29) is 0 Å². The molecule has 0 radical (unpaired) electrons. The number of nitrogens with one attached hydrogen (secondary N) is 1. The van der Waals surface area contributed by atoms with E-state index in [2.05, 4.69) is 4.98 Å². The number of benzene rings is 1. The van der Waals surface area contributed by atoms with Crippen molar-refractivity contribution in [3.8, 4) is 0 Å². The highest BCUT2D eigenvalue weighted by Gasteiger charge is 2.05. The van der Waals surface area contributed by atoms with Gasteiger partial charge in [0.1, 0.15) is 0 Å². The smallest absolute Gasteiger partial charge is 0.335 e. The number of carboxylic acids is 1. The first kappa shape index (κ1) is 7.73. The Hall–Kier alpha value is -1.90. The van der Waals surface area contributed by atoms with Crippen LogP contribution in [-0.4, -0.2) is 11.1 Å². The van der Waals surface area contributed by atoms with Gasteiger partial charge in [0.15, 0.2) is 6.20 Å². The second-order valence-corrected chi connectivity index (χ2v) is 2.78. The Kier molecular flexibility index (Phi) is 1.70. The lowest BCUT2D eigenvalue weighted by atomic mass is 10.1. The number of pyridine rings is 1. The zero-order chi connectivity index (χ0) is 9.26. The van der Waals surface area contributed by atoms with Gasteiger partial charge < -0.3 is 5.11 Å². The van der Waals surface area contributed by atoms with Crippen LogP contribution >= 0.6 is 0 Å². The van der Waals surface area contributed by atoms with Gasteiger partial charge in [0.05, 0.1) is 5.56 Å². The zero-order valence-corrected chi connectivity index (χ0v) is 6.82. The fraction of sp³-hybridized carbons (Fsp3) is 0. The van der Waals surface area contributed by atoms with E-state index in [1.54, 1.807) is 18.2 Å². The van der Waals surface area contributed by atoms with Gasteiger partial charge in [-0.2, -0.15) is 0 Å². The van der Waals surface area contributed by atoms with Crippen molar-refractivity contribution in [3.63, 3.8) is 0 Å². The van der Waals surface area contributed by atoms with Gasteiger partial charge in [-0.3, -0.25) is 0 Å². The molecule has 0 aliphatic heterocycles. The highest BCUT2D eigenvalue weighted by Crippen LogP contribution is 2.10. The first-order valence-corrected chi connectivity index (χ1v) is 3.91. The lowest BCUT2D eigenvalue weighted by Crippen LogP contribution is -2.02. The molecule has 0 aliphatic rings. The number of carbonyl (C=O) groups is 1. The molecular weight excluding hydrogens is 166 g/mol. The normalized spacial score (nSPS) is 10.2. The highest BCUT2D eigenvalue weighted by atomic mass is 16.4. The lowest BCUT2D eigenvalue weighted by molar-refractivity contribution is -0.344. The summed E-state index contributed by atoms with van der Waals surface area (Å²) < 4.78 is 0. The Labute approximate surface area is 74.7 Å². The Balaban J connectivity index is 2.69. The van der Waals surface area contributed by atoms with Gasteiger partial charge in [-0.1, -0.05) is 0 Å². The van der Waals surface area contributed by atoms with Crippen molar-refractivity contribution in [1.29, 1.82) is 0 Å². The van der Waals surface area contributed by atoms with Crippen molar-refractivity contribution < 1.29 is 14.9 Å². The van der Waals surface area contributed by atoms with Crippen LogP contribution in [0.1, 0.15) is 10.4 Å². The van der Waals surface area contributed by atoms with Crippen molar-refractivity contribution >= 4 is 16.9 Å². The molecule has 0 unspecified atom stereocenters. The van der Waals surface area contributed by atoms with Crippen molar-refractivity contribution in [3.05, 3.63) is 42.1 Å². The molecule has 64 valence electrons. The molecule has 3 nitrogen and oxygen atoms in total. The maximum Gasteiger partial charge on any atom is 0.335 e. The first-order valence-electron chi connectivity index (χ1n) is 3.91. The number of aromatic carboxylic acids is 1. The van der Waals surface area contributed by atoms with Crippen LogP contribution < -0.4 is 4.98 Å². The van der Waals surface area contributed by atoms with Crippen LogP contribution in [0, 0.1) is 0 Å². The van der Waals surface area contributed by atoms with Gasteiger partial charge in [-0.05, 0) is 18.2 Å². The predicted octanol–water partition coefficient (Wildman–Crippen LogP) is 1.35. The lowest BCUT2D eigenvalue weighted by Gasteiger charge is -1.93. The highest BCUT2D eigenvalue weighted by molar-refractivity contribution is 5.92. The molecule has 0 atom stereocenters. The van der Waals surface area contributed by atoms with Crippen LogP contribution in [0.5, 0.6) is 0 Å². The van der Waals surface area contributed by atoms with E-state index in [1.165, 1.54) is 0 Å². The number of fused-ring (bicyclic) bond motifs is 1. The summed E-state index contributed by atoms with van der Waals surface area (Å²) >= 11 is 0. The first-order chi connectivity index (χ1) is 6.27. The predicted molar refractivity (Wildman–Crippen MR) is 47.5 cm³/mol. The van der Waals surface area contributed by atoms with E-state index in [1.807, 2.05) is 18.3 Å². The third kappa shape index (κ3) is 1.36. The minimum absolute atomic E-state index is 0.312. The molecule has 1 heterocycles. The van der Waals surface area contributed by atoms with Crippen molar-refractivity contribution in [2.75, 3.05) is 0 Å². The molecule has 1 aromatic carbocycles. The standard InChI is InChI=1S/C10H7NO2/c12-10(13)8-3-4-9-7(6-8)2-1-5-11-9/h1-6H,(H,12,13)/p+1. The number of hydrogen-bond acceptors (Lipinski definition) is 1. The maximum atomic E-state index is 10.6. The molecule has 13 heavy (non-hydrogen) atoms. The Morgan fingerprint density at radius 2 is 2.15 bits per heavy atom. The molecular formula is C10H8NO2+. The van der Waals surface area contributed by atoms with Gasteiger partial charge in [0, 0.05) is 17.5 Å². The fourth-order valence-corrected chi connectivity index (χ4v) is 1.25.